The van der Waals surface area contributed by atoms with E-state index in [4.69, 9.17) is 0 Å². The van der Waals surface area contributed by atoms with E-state index in [1.807, 2.05) is 27.7 Å². The first kappa shape index (κ1) is 26.4. The summed E-state index contributed by atoms with van der Waals surface area (Å²) in [6.07, 6.45) is 1.06. The second-order valence-corrected chi connectivity index (χ2v) is 9.29. The zero-order valence-corrected chi connectivity index (χ0v) is 20.2. The lowest BCUT2D eigenvalue weighted by molar-refractivity contribution is -0.155. The Morgan fingerprint density at radius 1 is 1.03 bits per heavy atom. The van der Waals surface area contributed by atoms with Crippen LogP contribution in [0.2, 0.25) is 0 Å². The Hall–Kier alpha value is -1.61. The van der Waals surface area contributed by atoms with Gasteiger partial charge in [0.25, 0.3) is 0 Å². The number of rotatable bonds is 10. The molecule has 30 heavy (non-hydrogen) atoms. The molecule has 1 aliphatic heterocycles. The van der Waals surface area contributed by atoms with Crippen LogP contribution in [0.3, 0.4) is 0 Å². The van der Waals surface area contributed by atoms with E-state index in [-0.39, 0.29) is 35.3 Å². The quantitative estimate of drug-likeness (QED) is 0.444. The monoisotopic (exact) mass is 442 g/mol. The number of carbonyl (C=O) groups excluding carboxylic acids is 4. The second-order valence-electron chi connectivity index (χ2n) is 9.03. The lowest BCUT2D eigenvalue weighted by Crippen LogP contribution is -2.63. The van der Waals surface area contributed by atoms with E-state index >= 15 is 0 Å². The Balaban J connectivity index is 2.97. The molecule has 0 aliphatic carbocycles. The summed E-state index contributed by atoms with van der Waals surface area (Å²) in [5.74, 6) is -0.418. The van der Waals surface area contributed by atoms with Gasteiger partial charge in [0.15, 0.2) is 5.78 Å². The number of ketones is 1. The molecule has 1 heterocycles. The second kappa shape index (κ2) is 11.7. The van der Waals surface area contributed by atoms with Gasteiger partial charge < -0.3 is 15.1 Å². The van der Waals surface area contributed by atoms with Crippen LogP contribution in [0.25, 0.3) is 0 Å². The number of amides is 3. The van der Waals surface area contributed by atoms with E-state index < -0.39 is 24.2 Å². The molecule has 172 valence electrons. The lowest BCUT2D eigenvalue weighted by Gasteiger charge is -2.42. The summed E-state index contributed by atoms with van der Waals surface area (Å²) in [7, 11) is 0. The minimum atomic E-state index is -0.721. The average Bonchev–Trinajstić information content (AvgIpc) is 2.65. The Kier molecular flexibility index (Phi) is 10.3. The van der Waals surface area contributed by atoms with Gasteiger partial charge in [0.1, 0.15) is 12.1 Å². The predicted octanol–water partition coefficient (Wildman–Crippen LogP) is 1.40. The fourth-order valence-electron chi connectivity index (χ4n) is 3.65. The Bertz CT molecular complexity index is 640. The smallest absolute Gasteiger partial charge is 0.245 e. The maximum Gasteiger partial charge on any atom is 0.245 e. The first-order valence-corrected chi connectivity index (χ1v) is 11.2. The van der Waals surface area contributed by atoms with Gasteiger partial charge in [-0.05, 0) is 45.4 Å². The van der Waals surface area contributed by atoms with Crippen molar-refractivity contribution >= 4 is 36.3 Å². The van der Waals surface area contributed by atoms with Crippen LogP contribution >= 0.6 is 12.8 Å². The fraction of sp³-hybridized carbons (Fsp3) is 0.810. The molecule has 0 bridgehead atoms. The van der Waals surface area contributed by atoms with Crippen LogP contribution in [-0.4, -0.2) is 70.6 Å². The predicted molar refractivity (Wildman–Crippen MR) is 120 cm³/mol. The summed E-state index contributed by atoms with van der Waals surface area (Å²) in [5, 5.41) is 2.87. The number of nitrogens with zero attached hydrogens (tertiary/aromatic N) is 2. The van der Waals surface area contributed by atoms with Crippen LogP contribution in [0.1, 0.15) is 61.3 Å². The molecule has 9 heteroatoms. The number of nitrogens with one attached hydrogen (secondary N) is 2. The summed E-state index contributed by atoms with van der Waals surface area (Å²) < 4.78 is 2.72. The molecular formula is C21H38N4O4S. The van der Waals surface area contributed by atoms with Crippen LogP contribution < -0.4 is 10.0 Å². The van der Waals surface area contributed by atoms with Crippen molar-refractivity contribution in [3.63, 3.8) is 0 Å². The molecule has 0 radical (unpaired) electrons. The number of hydrogen-bond donors (Lipinski definition) is 3. The van der Waals surface area contributed by atoms with Gasteiger partial charge in [0, 0.05) is 13.1 Å². The highest BCUT2D eigenvalue weighted by atomic mass is 32.1. The first-order chi connectivity index (χ1) is 13.9. The van der Waals surface area contributed by atoms with Gasteiger partial charge in [-0.1, -0.05) is 40.5 Å². The molecule has 8 nitrogen and oxygen atoms in total. The van der Waals surface area contributed by atoms with E-state index in [1.54, 1.807) is 13.8 Å². The Morgan fingerprint density at radius 3 is 2.03 bits per heavy atom. The highest BCUT2D eigenvalue weighted by Crippen LogP contribution is 2.18. The van der Waals surface area contributed by atoms with Crippen LogP contribution in [-0.2, 0) is 19.2 Å². The molecule has 0 aromatic rings. The molecule has 2 N–H and O–H groups in total. The van der Waals surface area contributed by atoms with Crippen molar-refractivity contribution in [3.05, 3.63) is 0 Å². The summed E-state index contributed by atoms with van der Waals surface area (Å²) in [6, 6.07) is -2.43. The molecule has 1 rings (SSSR count). The molecule has 0 aromatic heterocycles. The van der Waals surface area contributed by atoms with Crippen LogP contribution in [0.4, 0.5) is 0 Å². The normalized spacial score (nSPS) is 20.3. The molecule has 1 fully saturated rings. The van der Waals surface area contributed by atoms with Crippen molar-refractivity contribution < 1.29 is 19.2 Å². The van der Waals surface area contributed by atoms with Gasteiger partial charge >= 0.3 is 0 Å². The van der Waals surface area contributed by atoms with E-state index in [1.165, 1.54) is 16.7 Å². The number of thiol groups is 1. The Labute approximate surface area is 186 Å². The third-order valence-electron chi connectivity index (χ3n) is 5.53. The summed E-state index contributed by atoms with van der Waals surface area (Å²) in [5.41, 5.74) is 0. The molecule has 0 aromatic carbocycles. The number of piperazine rings is 1. The topological polar surface area (TPSA) is 98.8 Å². The van der Waals surface area contributed by atoms with Crippen molar-refractivity contribution in [1.29, 1.82) is 0 Å². The molecule has 0 saturated carbocycles. The van der Waals surface area contributed by atoms with E-state index in [0.717, 1.165) is 0 Å². The first-order valence-electron chi connectivity index (χ1n) is 10.7. The highest BCUT2D eigenvalue weighted by Gasteiger charge is 2.40. The van der Waals surface area contributed by atoms with Gasteiger partial charge in [0.05, 0.1) is 12.1 Å². The van der Waals surface area contributed by atoms with Crippen molar-refractivity contribution in [2.45, 2.75) is 85.5 Å². The van der Waals surface area contributed by atoms with E-state index in [2.05, 4.69) is 22.9 Å². The summed E-state index contributed by atoms with van der Waals surface area (Å²) in [4.78, 5) is 53.6. The van der Waals surface area contributed by atoms with Crippen molar-refractivity contribution in [2.75, 3.05) is 13.1 Å². The number of carbonyl (C=O) groups is 4. The summed E-state index contributed by atoms with van der Waals surface area (Å²) in [6.45, 7) is 13.4. The van der Waals surface area contributed by atoms with Gasteiger partial charge in [0.2, 0.25) is 17.7 Å². The van der Waals surface area contributed by atoms with Gasteiger partial charge in [-0.2, -0.15) is 0 Å². The maximum atomic E-state index is 13.3. The number of Topliss-reactive ketones (excluding diaryl/α,β-unsaturated/α-hetero) is 1. The SMILES string of the molecule is CC(=O)[C@H](C)N1CCN(C(=O)[C@H](CC(C)C)NC(=O)[C@H](CC(C)C)NS)[C@@H](C)C1=O. The number of hydrogen-bond acceptors (Lipinski definition) is 6. The third-order valence-corrected chi connectivity index (χ3v) is 5.84. The van der Waals surface area contributed by atoms with Gasteiger partial charge in [-0.15, -0.1) is 0 Å². The van der Waals surface area contributed by atoms with Crippen LogP contribution in [0, 0.1) is 11.8 Å². The molecule has 4 atom stereocenters. The standard InChI is InChI=1S/C21H38N4O4S/c1-12(2)10-17(23-30)19(27)22-18(11-13(3)4)21(29)25-9-8-24(14(5)16(7)26)20(28)15(25)6/h12-15,17-18,23,30H,8-11H2,1-7H3,(H,22,27)/t14-,15-,17-,18-/m0/s1. The molecule has 1 saturated heterocycles. The molecule has 0 unspecified atom stereocenters. The van der Waals surface area contributed by atoms with Crippen LogP contribution in [0.15, 0.2) is 0 Å². The van der Waals surface area contributed by atoms with Crippen molar-refractivity contribution in [3.8, 4) is 0 Å². The van der Waals surface area contributed by atoms with Crippen molar-refractivity contribution in [1.82, 2.24) is 19.8 Å². The lowest BCUT2D eigenvalue weighted by atomic mass is 9.99. The van der Waals surface area contributed by atoms with Crippen LogP contribution in [0.5, 0.6) is 0 Å². The van der Waals surface area contributed by atoms with E-state index in [0.29, 0.717) is 25.9 Å². The zero-order valence-electron chi connectivity index (χ0n) is 19.3. The fourth-order valence-corrected chi connectivity index (χ4v) is 3.88. The maximum absolute atomic E-state index is 13.3. The van der Waals surface area contributed by atoms with Gasteiger partial charge in [-0.25, -0.2) is 0 Å². The molecule has 1 aliphatic rings. The molecule has 0 spiro atoms. The van der Waals surface area contributed by atoms with Crippen molar-refractivity contribution in [2.24, 2.45) is 11.8 Å². The minimum Gasteiger partial charge on any atom is -0.343 e. The minimum absolute atomic E-state index is 0.0873. The summed E-state index contributed by atoms with van der Waals surface area (Å²) >= 11 is 4.06. The largest absolute Gasteiger partial charge is 0.343 e. The van der Waals surface area contributed by atoms with Gasteiger partial charge in [-0.3, -0.25) is 23.9 Å². The molecule has 3 amide bonds. The average molecular weight is 443 g/mol. The van der Waals surface area contributed by atoms with E-state index in [9.17, 15) is 19.2 Å². The zero-order chi connectivity index (χ0) is 23.2. The molecular weight excluding hydrogens is 404 g/mol. The highest BCUT2D eigenvalue weighted by molar-refractivity contribution is 7.78. The third kappa shape index (κ3) is 6.97. The Morgan fingerprint density at radius 2 is 1.57 bits per heavy atom.